The van der Waals surface area contributed by atoms with E-state index in [1.165, 1.54) is 12.1 Å². The number of ether oxygens (including phenoxy) is 1. The number of aryl methyl sites for hydroxylation is 1. The van der Waals surface area contributed by atoms with E-state index in [1.54, 1.807) is 13.0 Å². The van der Waals surface area contributed by atoms with Gasteiger partial charge >= 0.3 is 0 Å². The molecular weight excluding hydrogens is 332 g/mol. The standard InChI is InChI=1S/C16H26N2O5S/c1-12(2)10-18-24(21,22)14-5-6-15(13(3)9-14)23-11-16(20)17-7-4-8-19/h5-6,9,12,18-19H,4,7-8,10-11H2,1-3H3,(H,17,20). The van der Waals surface area contributed by atoms with Gasteiger partial charge in [0.05, 0.1) is 4.90 Å². The number of rotatable bonds is 10. The SMILES string of the molecule is Cc1cc(S(=O)(=O)NCC(C)C)ccc1OCC(=O)NCCCO. The molecular formula is C16H26N2O5S. The summed E-state index contributed by atoms with van der Waals surface area (Å²) >= 11 is 0. The molecule has 8 heteroatoms. The lowest BCUT2D eigenvalue weighted by Crippen LogP contribution is -2.30. The van der Waals surface area contributed by atoms with E-state index >= 15 is 0 Å². The zero-order valence-corrected chi connectivity index (χ0v) is 15.1. The number of amides is 1. The van der Waals surface area contributed by atoms with E-state index in [0.717, 1.165) is 0 Å². The molecule has 3 N–H and O–H groups in total. The Morgan fingerprint density at radius 1 is 1.33 bits per heavy atom. The highest BCUT2D eigenvalue weighted by Crippen LogP contribution is 2.21. The van der Waals surface area contributed by atoms with Gasteiger partial charge in [-0.25, -0.2) is 13.1 Å². The Kier molecular flexibility index (Phi) is 8.17. The first kappa shape index (κ1) is 20.4. The molecule has 0 aliphatic heterocycles. The molecule has 136 valence electrons. The van der Waals surface area contributed by atoms with Crippen molar-refractivity contribution in [3.8, 4) is 5.75 Å². The molecule has 0 saturated carbocycles. The first-order valence-electron chi connectivity index (χ1n) is 7.87. The number of aliphatic hydroxyl groups is 1. The van der Waals surface area contributed by atoms with E-state index < -0.39 is 10.0 Å². The topological polar surface area (TPSA) is 105 Å². The molecule has 0 spiro atoms. The predicted molar refractivity (Wildman–Crippen MR) is 91.4 cm³/mol. The summed E-state index contributed by atoms with van der Waals surface area (Å²) in [4.78, 5) is 11.7. The Bertz CT molecular complexity index is 644. The number of aliphatic hydroxyl groups excluding tert-OH is 1. The minimum Gasteiger partial charge on any atom is -0.484 e. The molecule has 1 rings (SSSR count). The van der Waals surface area contributed by atoms with E-state index in [4.69, 9.17) is 9.84 Å². The minimum atomic E-state index is -3.55. The fourth-order valence-corrected chi connectivity index (χ4v) is 3.11. The zero-order chi connectivity index (χ0) is 18.2. The molecule has 0 saturated heterocycles. The third kappa shape index (κ3) is 6.86. The predicted octanol–water partition coefficient (Wildman–Crippen LogP) is 0.807. The number of benzene rings is 1. The molecule has 24 heavy (non-hydrogen) atoms. The van der Waals surface area contributed by atoms with Crippen LogP contribution in [-0.2, 0) is 14.8 Å². The van der Waals surface area contributed by atoms with Crippen LogP contribution in [0.1, 0.15) is 25.8 Å². The molecule has 7 nitrogen and oxygen atoms in total. The molecule has 0 radical (unpaired) electrons. The number of hydrogen-bond acceptors (Lipinski definition) is 5. The Morgan fingerprint density at radius 2 is 2.04 bits per heavy atom. The fourth-order valence-electron chi connectivity index (χ4n) is 1.81. The lowest BCUT2D eigenvalue weighted by molar-refractivity contribution is -0.123. The molecule has 0 fully saturated rings. The highest BCUT2D eigenvalue weighted by atomic mass is 32.2. The summed E-state index contributed by atoms with van der Waals surface area (Å²) in [7, 11) is -3.55. The van der Waals surface area contributed by atoms with Crippen molar-refractivity contribution in [2.75, 3.05) is 26.3 Å². The number of sulfonamides is 1. The lowest BCUT2D eigenvalue weighted by Gasteiger charge is -2.12. The van der Waals surface area contributed by atoms with E-state index in [9.17, 15) is 13.2 Å². The van der Waals surface area contributed by atoms with Crippen molar-refractivity contribution >= 4 is 15.9 Å². The fraction of sp³-hybridized carbons (Fsp3) is 0.562. The van der Waals surface area contributed by atoms with E-state index in [0.29, 0.717) is 30.8 Å². The maximum atomic E-state index is 12.2. The lowest BCUT2D eigenvalue weighted by atomic mass is 10.2. The average Bonchev–Trinajstić information content (AvgIpc) is 2.52. The van der Waals surface area contributed by atoms with Crippen LogP contribution < -0.4 is 14.8 Å². The van der Waals surface area contributed by atoms with Gasteiger partial charge in [-0.3, -0.25) is 4.79 Å². The van der Waals surface area contributed by atoms with Crippen LogP contribution >= 0.6 is 0 Å². The van der Waals surface area contributed by atoms with Gasteiger partial charge in [0.1, 0.15) is 5.75 Å². The number of nitrogens with one attached hydrogen (secondary N) is 2. The van der Waals surface area contributed by atoms with Crippen molar-refractivity contribution in [2.45, 2.75) is 32.1 Å². The van der Waals surface area contributed by atoms with Crippen LogP contribution in [0.5, 0.6) is 5.75 Å². The van der Waals surface area contributed by atoms with Crippen LogP contribution in [0.25, 0.3) is 0 Å². The van der Waals surface area contributed by atoms with Crippen LogP contribution in [0.4, 0.5) is 0 Å². The van der Waals surface area contributed by atoms with Gasteiger partial charge in [0.15, 0.2) is 6.61 Å². The van der Waals surface area contributed by atoms with Gasteiger partial charge in [-0.05, 0) is 43.0 Å². The summed E-state index contributed by atoms with van der Waals surface area (Å²) in [5.74, 6) is 0.376. The van der Waals surface area contributed by atoms with Crippen molar-refractivity contribution in [1.82, 2.24) is 10.0 Å². The number of carbonyl (C=O) groups excluding carboxylic acids is 1. The second-order valence-corrected chi connectivity index (χ2v) is 7.66. The van der Waals surface area contributed by atoms with Crippen molar-refractivity contribution in [2.24, 2.45) is 5.92 Å². The normalized spacial score (nSPS) is 11.5. The van der Waals surface area contributed by atoms with Gasteiger partial charge in [-0.15, -0.1) is 0 Å². The van der Waals surface area contributed by atoms with Gasteiger partial charge in [0, 0.05) is 19.7 Å². The summed E-state index contributed by atoms with van der Waals surface area (Å²) < 4.78 is 32.3. The van der Waals surface area contributed by atoms with Gasteiger partial charge in [-0.1, -0.05) is 13.8 Å². The van der Waals surface area contributed by atoms with Crippen LogP contribution in [0.15, 0.2) is 23.1 Å². The number of hydrogen-bond donors (Lipinski definition) is 3. The number of carbonyl (C=O) groups is 1. The largest absolute Gasteiger partial charge is 0.484 e. The summed E-state index contributed by atoms with van der Waals surface area (Å²) in [5, 5.41) is 11.3. The van der Waals surface area contributed by atoms with Gasteiger partial charge in [-0.2, -0.15) is 0 Å². The Labute approximate surface area is 143 Å². The molecule has 0 heterocycles. The first-order valence-corrected chi connectivity index (χ1v) is 9.35. The molecule has 0 bridgehead atoms. The van der Waals surface area contributed by atoms with Crippen LogP contribution in [0.3, 0.4) is 0 Å². The molecule has 1 aromatic carbocycles. The Morgan fingerprint density at radius 3 is 2.62 bits per heavy atom. The molecule has 1 aromatic rings. The molecule has 0 aliphatic rings. The van der Waals surface area contributed by atoms with Crippen molar-refractivity contribution in [3.63, 3.8) is 0 Å². The summed E-state index contributed by atoms with van der Waals surface area (Å²) in [6, 6.07) is 4.51. The monoisotopic (exact) mass is 358 g/mol. The van der Waals surface area contributed by atoms with E-state index in [2.05, 4.69) is 10.0 Å². The van der Waals surface area contributed by atoms with E-state index in [1.807, 2.05) is 13.8 Å². The summed E-state index contributed by atoms with van der Waals surface area (Å²) in [6.07, 6.45) is 0.487. The van der Waals surface area contributed by atoms with Crippen LogP contribution in [0.2, 0.25) is 0 Å². The minimum absolute atomic E-state index is 0.0149. The molecule has 0 aromatic heterocycles. The second-order valence-electron chi connectivity index (χ2n) is 5.89. The maximum Gasteiger partial charge on any atom is 0.257 e. The van der Waals surface area contributed by atoms with Gasteiger partial charge < -0.3 is 15.2 Å². The average molecular weight is 358 g/mol. The third-order valence-corrected chi connectivity index (χ3v) is 4.58. The Hall–Kier alpha value is -1.64. The maximum absolute atomic E-state index is 12.2. The molecule has 0 unspecified atom stereocenters. The summed E-state index contributed by atoms with van der Waals surface area (Å²) in [6.45, 7) is 6.18. The molecule has 1 amide bonds. The van der Waals surface area contributed by atoms with E-state index in [-0.39, 0.29) is 29.9 Å². The smallest absolute Gasteiger partial charge is 0.257 e. The molecule has 0 aliphatic carbocycles. The van der Waals surface area contributed by atoms with Crippen LogP contribution in [-0.4, -0.2) is 45.7 Å². The Balaban J connectivity index is 2.66. The van der Waals surface area contributed by atoms with Crippen LogP contribution in [0, 0.1) is 12.8 Å². The quantitative estimate of drug-likeness (QED) is 0.537. The van der Waals surface area contributed by atoms with Gasteiger partial charge in [0.2, 0.25) is 10.0 Å². The van der Waals surface area contributed by atoms with Crippen molar-refractivity contribution in [3.05, 3.63) is 23.8 Å². The molecule has 0 atom stereocenters. The highest BCUT2D eigenvalue weighted by Gasteiger charge is 2.16. The second kappa shape index (κ2) is 9.61. The third-order valence-electron chi connectivity index (χ3n) is 3.15. The summed E-state index contributed by atoms with van der Waals surface area (Å²) in [5.41, 5.74) is 0.630. The van der Waals surface area contributed by atoms with Crippen molar-refractivity contribution < 1.29 is 23.1 Å². The zero-order valence-electron chi connectivity index (χ0n) is 14.3. The highest BCUT2D eigenvalue weighted by molar-refractivity contribution is 7.89. The first-order chi connectivity index (χ1) is 11.3. The van der Waals surface area contributed by atoms with Gasteiger partial charge in [0.25, 0.3) is 5.91 Å². The van der Waals surface area contributed by atoms with Crippen molar-refractivity contribution in [1.29, 1.82) is 0 Å².